The molecule has 0 unspecified atom stereocenters. The Labute approximate surface area is 104 Å². The van der Waals surface area contributed by atoms with E-state index in [1.54, 1.807) is 0 Å². The van der Waals surface area contributed by atoms with Crippen molar-refractivity contribution in [2.24, 2.45) is 0 Å². The Morgan fingerprint density at radius 2 is 0.400 bits per heavy atom. The molecule has 0 amide bonds. The minimum Gasteiger partial charge on any atom is -0.107 e. The third-order valence-electron chi connectivity index (χ3n) is 0. The SMILES string of the molecule is I.I.I.I.[P]. The maximum absolute atomic E-state index is 0. The van der Waals surface area contributed by atoms with Crippen molar-refractivity contribution in [2.45, 2.75) is 0 Å². The number of hydrogen-bond donors (Lipinski definition) is 0. The highest BCUT2D eigenvalue weighted by atomic mass is 127. The zero-order chi connectivity index (χ0) is 0. The fourth-order valence-electron chi connectivity index (χ4n) is 0. The Kier molecular flexibility index (Phi) is 212. The molecule has 0 rings (SSSR count). The average molecular weight is 543 g/mol. The van der Waals surface area contributed by atoms with Crippen LogP contribution in [0.1, 0.15) is 0 Å². The normalized spacial score (nSPS) is 0. The molecule has 0 N–H and O–H groups in total. The maximum atomic E-state index is 0. The molecule has 0 aromatic rings. The van der Waals surface area contributed by atoms with Gasteiger partial charge in [-0.1, -0.05) is 0 Å². The summed E-state index contributed by atoms with van der Waals surface area (Å²) in [6, 6.07) is 0. The van der Waals surface area contributed by atoms with Crippen molar-refractivity contribution < 1.29 is 0 Å². The minimum atomic E-state index is 0. The van der Waals surface area contributed by atoms with Gasteiger partial charge in [-0.25, -0.2) is 0 Å². The van der Waals surface area contributed by atoms with Crippen LogP contribution in [-0.4, -0.2) is 0 Å². The second-order valence-corrected chi connectivity index (χ2v) is 0. The second kappa shape index (κ2) is 26.4. The molecule has 0 aliphatic carbocycles. The summed E-state index contributed by atoms with van der Waals surface area (Å²) in [4.78, 5) is 0. The van der Waals surface area contributed by atoms with Crippen LogP contribution in [0.4, 0.5) is 0 Å². The second-order valence-electron chi connectivity index (χ2n) is 0. The van der Waals surface area contributed by atoms with E-state index in [2.05, 4.69) is 0 Å². The van der Waals surface area contributed by atoms with Gasteiger partial charge in [0, 0.05) is 9.90 Å². The van der Waals surface area contributed by atoms with Gasteiger partial charge in [-0.15, -0.1) is 95.9 Å². The lowest BCUT2D eigenvalue weighted by Crippen LogP contribution is 0.861. The molecule has 37 valence electrons. The van der Waals surface area contributed by atoms with Crippen LogP contribution in [0.15, 0.2) is 0 Å². The molecule has 0 aromatic heterocycles. The standard InChI is InChI=1S/4HI.P/h4*1H;. The number of rotatable bonds is 0. The summed E-state index contributed by atoms with van der Waals surface area (Å²) in [5.74, 6) is 0. The van der Waals surface area contributed by atoms with Crippen molar-refractivity contribution in [1.82, 2.24) is 0 Å². The van der Waals surface area contributed by atoms with Crippen molar-refractivity contribution in [2.75, 3.05) is 0 Å². The van der Waals surface area contributed by atoms with Gasteiger partial charge in [0.25, 0.3) is 0 Å². The first-order chi connectivity index (χ1) is 0. The molecule has 0 bridgehead atoms. The lowest BCUT2D eigenvalue weighted by molar-refractivity contribution is 6.92. The molecule has 5 heteroatoms. The van der Waals surface area contributed by atoms with E-state index in [0.29, 0.717) is 0 Å². The first-order valence-corrected chi connectivity index (χ1v) is 0. The molecular formula is H4I4P. The Morgan fingerprint density at radius 1 is 0.400 bits per heavy atom. The highest BCUT2D eigenvalue weighted by Gasteiger charge is 0.0000383. The van der Waals surface area contributed by atoms with Gasteiger partial charge in [0.05, 0.1) is 0 Å². The highest BCUT2D eigenvalue weighted by Crippen LogP contribution is 0.889. The third-order valence-corrected chi connectivity index (χ3v) is 0. The largest absolute Gasteiger partial charge is 0.107 e. The van der Waals surface area contributed by atoms with Gasteiger partial charge in [-0.05, 0) is 0 Å². The molecule has 0 aliphatic rings. The van der Waals surface area contributed by atoms with Crippen LogP contribution in [0.25, 0.3) is 0 Å². The molecule has 3 radical (unpaired) electrons. The van der Waals surface area contributed by atoms with Gasteiger partial charge in [-0.2, -0.15) is 0 Å². The first-order valence-electron chi connectivity index (χ1n) is 0. The number of hydrogen-bond acceptors (Lipinski definition) is 0. The van der Waals surface area contributed by atoms with Crippen LogP contribution in [0.5, 0.6) is 0 Å². The number of halogens is 4. The van der Waals surface area contributed by atoms with Gasteiger partial charge in [-0.3, -0.25) is 0 Å². The first kappa shape index (κ1) is 40.2. The predicted octanol–water partition coefficient (Wildman–Crippen LogP) is 3.33. The van der Waals surface area contributed by atoms with Crippen molar-refractivity contribution >= 4 is 106 Å². The lowest BCUT2D eigenvalue weighted by Gasteiger charge is -0.108. The Bertz CT molecular complexity index is 3.61. The van der Waals surface area contributed by atoms with Gasteiger partial charge in [0.15, 0.2) is 0 Å². The van der Waals surface area contributed by atoms with Crippen LogP contribution in [0.2, 0.25) is 0 Å². The molecule has 0 atom stereocenters. The smallest absolute Gasteiger partial charge is 0 e. The topological polar surface area (TPSA) is 0 Å². The molecular weight excluding hydrogens is 539 g/mol. The lowest BCUT2D eigenvalue weighted by atomic mass is 31.0. The predicted molar refractivity (Wildman–Crippen MR) is 68.6 cm³/mol. The summed E-state index contributed by atoms with van der Waals surface area (Å²) >= 11 is 0. The quantitative estimate of drug-likeness (QED) is 0.326. The zero-order valence-corrected chi connectivity index (χ0v) is 12.3. The fourth-order valence-corrected chi connectivity index (χ4v) is 0. The molecule has 0 spiro atoms. The van der Waals surface area contributed by atoms with Crippen LogP contribution >= 0.6 is 106 Å². The van der Waals surface area contributed by atoms with Gasteiger partial charge in [0.2, 0.25) is 0 Å². The molecule has 0 aliphatic heterocycles. The van der Waals surface area contributed by atoms with Crippen LogP contribution in [-0.2, 0) is 0 Å². The molecule has 0 saturated carbocycles. The van der Waals surface area contributed by atoms with Crippen molar-refractivity contribution in [3.8, 4) is 0 Å². The van der Waals surface area contributed by atoms with Crippen molar-refractivity contribution in [1.29, 1.82) is 0 Å². The van der Waals surface area contributed by atoms with E-state index < -0.39 is 0 Å². The van der Waals surface area contributed by atoms with E-state index in [1.165, 1.54) is 0 Å². The van der Waals surface area contributed by atoms with E-state index in [-0.39, 0.29) is 106 Å². The molecule has 0 heterocycles. The zero-order valence-electron chi connectivity index (χ0n) is 2.08. The summed E-state index contributed by atoms with van der Waals surface area (Å²) in [5, 5.41) is 0. The minimum absolute atomic E-state index is 0. The molecule has 0 aromatic carbocycles. The van der Waals surface area contributed by atoms with E-state index in [4.69, 9.17) is 0 Å². The molecule has 0 nitrogen and oxygen atoms in total. The van der Waals surface area contributed by atoms with Crippen LogP contribution < -0.4 is 0 Å². The van der Waals surface area contributed by atoms with Gasteiger partial charge < -0.3 is 0 Å². The van der Waals surface area contributed by atoms with E-state index in [1.807, 2.05) is 0 Å². The maximum Gasteiger partial charge on any atom is 0 e. The monoisotopic (exact) mass is 543 g/mol. The summed E-state index contributed by atoms with van der Waals surface area (Å²) in [6.45, 7) is 0. The van der Waals surface area contributed by atoms with E-state index in [9.17, 15) is 0 Å². The van der Waals surface area contributed by atoms with Gasteiger partial charge in [0.1, 0.15) is 0 Å². The molecule has 5 heavy (non-hydrogen) atoms. The average Bonchev–Trinajstić information content (AvgIpc) is 0. The highest BCUT2D eigenvalue weighted by molar-refractivity contribution is 14.0. The Morgan fingerprint density at radius 3 is 0.400 bits per heavy atom. The van der Waals surface area contributed by atoms with Crippen molar-refractivity contribution in [3.63, 3.8) is 0 Å². The van der Waals surface area contributed by atoms with E-state index in [0.717, 1.165) is 0 Å². The third kappa shape index (κ3) is 18.7. The van der Waals surface area contributed by atoms with E-state index >= 15 is 0 Å². The summed E-state index contributed by atoms with van der Waals surface area (Å²) in [5.41, 5.74) is 0. The summed E-state index contributed by atoms with van der Waals surface area (Å²) in [6.07, 6.45) is 0. The van der Waals surface area contributed by atoms with Gasteiger partial charge >= 0.3 is 0 Å². The Hall–Kier alpha value is 3.35. The van der Waals surface area contributed by atoms with Crippen LogP contribution in [0, 0.1) is 0 Å². The Balaban J connectivity index is 0. The van der Waals surface area contributed by atoms with Crippen molar-refractivity contribution in [3.05, 3.63) is 0 Å². The summed E-state index contributed by atoms with van der Waals surface area (Å²) in [7, 11) is 0. The summed E-state index contributed by atoms with van der Waals surface area (Å²) < 4.78 is 0. The van der Waals surface area contributed by atoms with Crippen LogP contribution in [0.3, 0.4) is 0 Å². The fraction of sp³-hybridized carbons (Fsp3) is 0. The molecule has 0 saturated heterocycles. The molecule has 0 fully saturated rings.